The predicted molar refractivity (Wildman–Crippen MR) is 98.5 cm³/mol. The normalized spacial score (nSPS) is 12.4. The van der Waals surface area contributed by atoms with Gasteiger partial charge in [-0.15, -0.1) is 0 Å². The molecule has 2 amide bonds. The molecule has 136 valence electrons. The Morgan fingerprint density at radius 2 is 1.74 bits per heavy atom. The zero-order valence-corrected chi connectivity index (χ0v) is 14.4. The van der Waals surface area contributed by atoms with Gasteiger partial charge in [-0.1, -0.05) is 30.3 Å². The van der Waals surface area contributed by atoms with Crippen LogP contribution in [-0.2, 0) is 11.2 Å². The van der Waals surface area contributed by atoms with E-state index in [-0.39, 0.29) is 18.0 Å². The molecule has 7 heteroatoms. The summed E-state index contributed by atoms with van der Waals surface area (Å²) in [5.41, 5.74) is 6.50. The van der Waals surface area contributed by atoms with Gasteiger partial charge in [0.25, 0.3) is 5.91 Å². The van der Waals surface area contributed by atoms with Crippen molar-refractivity contribution in [2.24, 2.45) is 0 Å². The van der Waals surface area contributed by atoms with Gasteiger partial charge in [0.1, 0.15) is 18.9 Å². The minimum absolute atomic E-state index is 0.0993. The highest BCUT2D eigenvalue weighted by Crippen LogP contribution is 2.30. The van der Waals surface area contributed by atoms with Crippen molar-refractivity contribution in [1.29, 1.82) is 0 Å². The molecule has 1 aliphatic heterocycles. The van der Waals surface area contributed by atoms with Crippen LogP contribution in [0.3, 0.4) is 0 Å². The molecular weight excluding hydrogens is 346 g/mol. The second-order valence-electron chi connectivity index (χ2n) is 6.05. The summed E-state index contributed by atoms with van der Waals surface area (Å²) in [6.45, 7) is 0.999. The third-order valence-corrected chi connectivity index (χ3v) is 4.12. The van der Waals surface area contributed by atoms with E-state index in [9.17, 15) is 9.59 Å². The monoisotopic (exact) mass is 363 g/mol. The summed E-state index contributed by atoms with van der Waals surface area (Å²) in [7, 11) is 0. The van der Waals surface area contributed by atoms with E-state index in [1.54, 1.807) is 24.3 Å². The molecule has 4 rings (SSSR count). The Kier molecular flexibility index (Phi) is 4.57. The second kappa shape index (κ2) is 7.33. The van der Waals surface area contributed by atoms with Gasteiger partial charge in [-0.25, -0.2) is 4.98 Å². The number of amides is 2. The summed E-state index contributed by atoms with van der Waals surface area (Å²) in [6, 6.07) is 16.3. The Hall–Kier alpha value is -3.61. The molecule has 2 aromatic carbocycles. The highest BCUT2D eigenvalue weighted by molar-refractivity contribution is 5.96. The molecule has 3 aromatic rings. The van der Waals surface area contributed by atoms with E-state index in [0.717, 1.165) is 10.9 Å². The second-order valence-corrected chi connectivity index (χ2v) is 6.05. The molecule has 0 bridgehead atoms. The van der Waals surface area contributed by atoms with Crippen molar-refractivity contribution in [2.45, 2.75) is 6.42 Å². The van der Waals surface area contributed by atoms with Crippen LogP contribution in [-0.4, -0.2) is 30.0 Å². The van der Waals surface area contributed by atoms with Crippen molar-refractivity contribution >= 4 is 22.7 Å². The Labute approximate surface area is 155 Å². The molecule has 1 aromatic heterocycles. The standard InChI is InChI=1S/C20H17N3O4/c24-19(12-13-5-8-17-18(11-13)27-10-9-26-17)22-23-20(25)16-7-6-14-3-1-2-4-15(14)21-16/h1-8,11H,9-10,12H2,(H,22,24)(H,23,25). The molecule has 2 heterocycles. The van der Waals surface area contributed by atoms with Crippen molar-refractivity contribution in [1.82, 2.24) is 15.8 Å². The van der Waals surface area contributed by atoms with Crippen LogP contribution in [0.1, 0.15) is 16.1 Å². The van der Waals surface area contributed by atoms with Crippen LogP contribution in [0.5, 0.6) is 11.5 Å². The molecule has 0 atom stereocenters. The predicted octanol–water partition coefficient (Wildman–Crippen LogP) is 2.01. The zero-order chi connectivity index (χ0) is 18.6. The number of pyridine rings is 1. The molecule has 0 unspecified atom stereocenters. The number of carbonyl (C=O) groups excluding carboxylic acids is 2. The summed E-state index contributed by atoms with van der Waals surface area (Å²) in [6.07, 6.45) is 0.0993. The molecule has 27 heavy (non-hydrogen) atoms. The summed E-state index contributed by atoms with van der Waals surface area (Å²) < 4.78 is 11.0. The summed E-state index contributed by atoms with van der Waals surface area (Å²) in [5, 5.41) is 0.941. The number of carbonyl (C=O) groups is 2. The molecule has 0 saturated heterocycles. The third-order valence-electron chi connectivity index (χ3n) is 4.12. The number of hydrogen-bond acceptors (Lipinski definition) is 5. The van der Waals surface area contributed by atoms with E-state index in [2.05, 4.69) is 15.8 Å². The van der Waals surface area contributed by atoms with E-state index >= 15 is 0 Å². The van der Waals surface area contributed by atoms with Gasteiger partial charge in [0.15, 0.2) is 11.5 Å². The topological polar surface area (TPSA) is 89.5 Å². The van der Waals surface area contributed by atoms with Crippen LogP contribution in [0.4, 0.5) is 0 Å². The van der Waals surface area contributed by atoms with Gasteiger partial charge in [-0.3, -0.25) is 20.4 Å². The molecule has 1 aliphatic rings. The number of nitrogens with zero attached hydrogens (tertiary/aromatic N) is 1. The fourth-order valence-corrected chi connectivity index (χ4v) is 2.81. The Bertz CT molecular complexity index is 1020. The fraction of sp³-hybridized carbons (Fsp3) is 0.150. The van der Waals surface area contributed by atoms with E-state index in [0.29, 0.717) is 30.2 Å². The zero-order valence-electron chi connectivity index (χ0n) is 14.4. The molecule has 0 radical (unpaired) electrons. The lowest BCUT2D eigenvalue weighted by molar-refractivity contribution is -0.121. The summed E-state index contributed by atoms with van der Waals surface area (Å²) in [4.78, 5) is 28.6. The molecule has 0 aliphatic carbocycles. The first kappa shape index (κ1) is 16.8. The molecule has 2 N–H and O–H groups in total. The maximum Gasteiger partial charge on any atom is 0.288 e. The first-order valence-electron chi connectivity index (χ1n) is 8.52. The summed E-state index contributed by atoms with van der Waals surface area (Å²) in [5.74, 6) is 0.467. The number of benzene rings is 2. The first-order chi connectivity index (χ1) is 13.2. The van der Waals surface area contributed by atoms with Gasteiger partial charge in [0.2, 0.25) is 5.91 Å². The fourth-order valence-electron chi connectivity index (χ4n) is 2.81. The van der Waals surface area contributed by atoms with Crippen LogP contribution in [0.15, 0.2) is 54.6 Å². The number of fused-ring (bicyclic) bond motifs is 2. The highest BCUT2D eigenvalue weighted by Gasteiger charge is 2.14. The van der Waals surface area contributed by atoms with Crippen molar-refractivity contribution < 1.29 is 19.1 Å². The highest BCUT2D eigenvalue weighted by atomic mass is 16.6. The smallest absolute Gasteiger partial charge is 0.288 e. The lowest BCUT2D eigenvalue weighted by Crippen LogP contribution is -2.42. The van der Waals surface area contributed by atoms with Crippen LogP contribution >= 0.6 is 0 Å². The van der Waals surface area contributed by atoms with Crippen LogP contribution < -0.4 is 20.3 Å². The number of hydrazine groups is 1. The SMILES string of the molecule is O=C(Cc1ccc2c(c1)OCCO2)NNC(=O)c1ccc2ccccc2n1. The number of nitrogens with one attached hydrogen (secondary N) is 2. The molecule has 0 fully saturated rings. The molecule has 0 saturated carbocycles. The van der Waals surface area contributed by atoms with Crippen molar-refractivity contribution in [2.75, 3.05) is 13.2 Å². The molecular formula is C20H17N3O4. The average Bonchev–Trinajstić information content (AvgIpc) is 2.71. The van der Waals surface area contributed by atoms with Crippen LogP contribution in [0, 0.1) is 0 Å². The van der Waals surface area contributed by atoms with Gasteiger partial charge >= 0.3 is 0 Å². The average molecular weight is 363 g/mol. The maximum atomic E-state index is 12.2. The minimum atomic E-state index is -0.476. The Balaban J connectivity index is 1.36. The van der Waals surface area contributed by atoms with E-state index < -0.39 is 5.91 Å². The lowest BCUT2D eigenvalue weighted by atomic mass is 10.1. The van der Waals surface area contributed by atoms with Gasteiger partial charge in [-0.2, -0.15) is 0 Å². The molecule has 0 spiro atoms. The van der Waals surface area contributed by atoms with Crippen LogP contribution in [0.2, 0.25) is 0 Å². The number of para-hydroxylation sites is 1. The van der Waals surface area contributed by atoms with E-state index in [1.165, 1.54) is 0 Å². The Morgan fingerprint density at radius 3 is 2.63 bits per heavy atom. The lowest BCUT2D eigenvalue weighted by Gasteiger charge is -2.18. The maximum absolute atomic E-state index is 12.2. The van der Waals surface area contributed by atoms with Gasteiger partial charge in [0.05, 0.1) is 11.9 Å². The van der Waals surface area contributed by atoms with E-state index in [4.69, 9.17) is 9.47 Å². The molecule has 7 nitrogen and oxygen atoms in total. The summed E-state index contributed by atoms with van der Waals surface area (Å²) >= 11 is 0. The first-order valence-corrected chi connectivity index (χ1v) is 8.52. The van der Waals surface area contributed by atoms with E-state index in [1.807, 2.05) is 30.3 Å². The number of aromatic nitrogens is 1. The minimum Gasteiger partial charge on any atom is -0.486 e. The Morgan fingerprint density at radius 1 is 0.926 bits per heavy atom. The number of hydrogen-bond donors (Lipinski definition) is 2. The van der Waals surface area contributed by atoms with Gasteiger partial charge in [0, 0.05) is 5.39 Å². The quantitative estimate of drug-likeness (QED) is 0.695. The van der Waals surface area contributed by atoms with Crippen molar-refractivity contribution in [3.05, 3.63) is 65.9 Å². The largest absolute Gasteiger partial charge is 0.486 e. The third kappa shape index (κ3) is 3.82. The van der Waals surface area contributed by atoms with Gasteiger partial charge < -0.3 is 9.47 Å². The van der Waals surface area contributed by atoms with Crippen LogP contribution in [0.25, 0.3) is 10.9 Å². The number of ether oxygens (including phenoxy) is 2. The van der Waals surface area contributed by atoms with Crippen molar-refractivity contribution in [3.8, 4) is 11.5 Å². The number of rotatable bonds is 3. The van der Waals surface area contributed by atoms with Crippen molar-refractivity contribution in [3.63, 3.8) is 0 Å². The van der Waals surface area contributed by atoms with Gasteiger partial charge in [-0.05, 0) is 29.8 Å².